The Morgan fingerprint density at radius 1 is 0.884 bits per heavy atom. The zero-order chi connectivity index (χ0) is 31.3. The number of benzene rings is 3. The Morgan fingerprint density at radius 2 is 1.58 bits per heavy atom. The zero-order valence-electron chi connectivity index (χ0n) is 22.0. The van der Waals surface area contributed by atoms with Gasteiger partial charge in [-0.1, -0.05) is 18.2 Å². The van der Waals surface area contributed by atoms with Crippen molar-refractivity contribution in [1.82, 2.24) is 20.5 Å². The number of alkyl halides is 6. The van der Waals surface area contributed by atoms with Crippen molar-refractivity contribution < 1.29 is 43.9 Å². The first-order valence-corrected chi connectivity index (χ1v) is 14.1. The first-order valence-electron chi connectivity index (χ1n) is 12.2. The molecule has 0 spiro atoms. The maximum atomic E-state index is 14.6. The van der Waals surface area contributed by atoms with E-state index in [1.54, 1.807) is 18.2 Å². The molecule has 226 valence electrons. The Hall–Kier alpha value is -4.57. The molecule has 0 atom stereocenters. The average Bonchev–Trinajstić information content (AvgIpc) is 3.55. The van der Waals surface area contributed by atoms with E-state index in [-0.39, 0.29) is 33.4 Å². The molecule has 1 aliphatic rings. The lowest BCUT2D eigenvalue weighted by atomic mass is 10.0. The number of halogens is 7. The third-order valence-electron chi connectivity index (χ3n) is 6.32. The standard InChI is InChI=1S/C27H20F7N5O3S/c1-15-36-25(26(29,30)31)14-38(15)21-8-6-17(16-4-3-5-19(10-16)43(2,40)41)12-22(21)39-23(13-35-37-39)18-7-9-24(20(28)11-18)42-27(32,33)34/h3-14,35,37H,1-2H3. The predicted octanol–water partition coefficient (Wildman–Crippen LogP) is 6.14. The Bertz CT molecular complexity index is 1850. The van der Waals surface area contributed by atoms with Crippen molar-refractivity contribution in [2.75, 3.05) is 11.3 Å². The second kappa shape index (κ2) is 10.6. The molecule has 0 saturated carbocycles. The van der Waals surface area contributed by atoms with Gasteiger partial charge in [0.15, 0.2) is 27.1 Å². The lowest BCUT2D eigenvalue weighted by molar-refractivity contribution is -0.275. The summed E-state index contributed by atoms with van der Waals surface area (Å²) in [6, 6.07) is 13.4. The van der Waals surface area contributed by atoms with Crippen LogP contribution in [0.15, 0.2) is 78.0 Å². The zero-order valence-corrected chi connectivity index (χ0v) is 22.9. The molecule has 43 heavy (non-hydrogen) atoms. The quantitative estimate of drug-likeness (QED) is 0.249. The molecule has 0 saturated heterocycles. The molecule has 3 aromatic carbocycles. The lowest BCUT2D eigenvalue weighted by Gasteiger charge is -2.26. The van der Waals surface area contributed by atoms with Crippen LogP contribution in [-0.4, -0.2) is 30.6 Å². The maximum absolute atomic E-state index is 14.6. The van der Waals surface area contributed by atoms with E-state index in [0.717, 1.165) is 24.6 Å². The lowest BCUT2D eigenvalue weighted by Crippen LogP contribution is -2.37. The number of hydrazine groups is 2. The summed E-state index contributed by atoms with van der Waals surface area (Å²) in [5.74, 6) is -2.38. The smallest absolute Gasteiger partial charge is 0.403 e. The average molecular weight is 628 g/mol. The fraction of sp³-hybridized carbons (Fsp3) is 0.148. The number of hydrogen-bond acceptors (Lipinski definition) is 7. The maximum Gasteiger partial charge on any atom is 0.573 e. The molecule has 8 nitrogen and oxygen atoms in total. The van der Waals surface area contributed by atoms with Crippen molar-refractivity contribution in [2.24, 2.45) is 0 Å². The minimum absolute atomic E-state index is 0.0159. The molecule has 5 rings (SSSR count). The van der Waals surface area contributed by atoms with Gasteiger partial charge in [0.2, 0.25) is 0 Å². The summed E-state index contributed by atoms with van der Waals surface area (Å²) in [4.78, 5) is 3.66. The van der Waals surface area contributed by atoms with Crippen LogP contribution in [0.3, 0.4) is 0 Å². The van der Waals surface area contributed by atoms with Crippen LogP contribution >= 0.6 is 0 Å². The summed E-state index contributed by atoms with van der Waals surface area (Å²) in [5, 5.41) is 1.34. The Labute approximate surface area is 239 Å². The molecule has 0 bridgehead atoms. The van der Waals surface area contributed by atoms with Gasteiger partial charge in [0.05, 0.1) is 22.0 Å². The first kappa shape index (κ1) is 29.9. The fourth-order valence-corrected chi connectivity index (χ4v) is 5.07. The molecule has 1 aromatic heterocycles. The molecule has 2 N–H and O–H groups in total. The molecule has 16 heteroatoms. The number of hydrogen-bond donors (Lipinski definition) is 2. The van der Waals surface area contributed by atoms with Gasteiger partial charge in [0.25, 0.3) is 0 Å². The van der Waals surface area contributed by atoms with Gasteiger partial charge in [-0.3, -0.25) is 5.01 Å². The summed E-state index contributed by atoms with van der Waals surface area (Å²) in [6.45, 7) is 1.36. The van der Waals surface area contributed by atoms with Crippen LogP contribution in [0, 0.1) is 12.7 Å². The third-order valence-corrected chi connectivity index (χ3v) is 7.43. The third kappa shape index (κ3) is 6.29. The monoisotopic (exact) mass is 627 g/mol. The van der Waals surface area contributed by atoms with Gasteiger partial charge >= 0.3 is 12.5 Å². The molecular weight excluding hydrogens is 607 g/mol. The van der Waals surface area contributed by atoms with Crippen molar-refractivity contribution in [3.8, 4) is 22.6 Å². The van der Waals surface area contributed by atoms with Gasteiger partial charge in [0.1, 0.15) is 5.82 Å². The van der Waals surface area contributed by atoms with Crippen molar-refractivity contribution in [3.63, 3.8) is 0 Å². The molecule has 0 fully saturated rings. The van der Waals surface area contributed by atoms with Crippen LogP contribution < -0.4 is 20.7 Å². The SMILES string of the molecule is Cc1nc(C(F)(F)F)cn1-c1ccc(-c2cccc(S(C)(=O)=O)c2)cc1N1NNC=C1c1ccc(OC(F)(F)F)c(F)c1. The highest BCUT2D eigenvalue weighted by Gasteiger charge is 2.35. The highest BCUT2D eigenvalue weighted by Crippen LogP contribution is 2.38. The molecule has 4 aromatic rings. The van der Waals surface area contributed by atoms with Crippen molar-refractivity contribution >= 4 is 21.2 Å². The number of aromatic nitrogens is 2. The number of sulfone groups is 1. The Kier molecular flexibility index (Phi) is 7.38. The van der Waals surface area contributed by atoms with Gasteiger partial charge in [-0.25, -0.2) is 17.8 Å². The van der Waals surface area contributed by atoms with Crippen molar-refractivity contribution in [3.05, 3.63) is 96.0 Å². The fourth-order valence-electron chi connectivity index (χ4n) is 4.41. The topological polar surface area (TPSA) is 88.5 Å². The summed E-state index contributed by atoms with van der Waals surface area (Å²) in [6.07, 6.45) is -6.65. The van der Waals surface area contributed by atoms with E-state index < -0.39 is 39.6 Å². The second-order valence-electron chi connectivity index (χ2n) is 9.36. The predicted molar refractivity (Wildman–Crippen MR) is 142 cm³/mol. The van der Waals surface area contributed by atoms with E-state index in [4.69, 9.17) is 0 Å². The van der Waals surface area contributed by atoms with Gasteiger partial charge in [-0.2, -0.15) is 13.2 Å². The largest absolute Gasteiger partial charge is 0.573 e. The summed E-state index contributed by atoms with van der Waals surface area (Å²) in [5.41, 5.74) is 5.90. The van der Waals surface area contributed by atoms with E-state index in [1.807, 2.05) is 0 Å². The summed E-state index contributed by atoms with van der Waals surface area (Å²) >= 11 is 0. The number of aryl methyl sites for hydroxylation is 1. The van der Waals surface area contributed by atoms with Crippen LogP contribution in [0.5, 0.6) is 5.75 Å². The van der Waals surface area contributed by atoms with Crippen LogP contribution in [0.1, 0.15) is 17.1 Å². The van der Waals surface area contributed by atoms with Gasteiger partial charge in [-0.15, -0.1) is 18.7 Å². The summed E-state index contributed by atoms with van der Waals surface area (Å²) < 4.78 is 122. The molecule has 0 aliphatic carbocycles. The number of nitrogens with one attached hydrogen (secondary N) is 2. The number of rotatable bonds is 6. The van der Waals surface area contributed by atoms with E-state index >= 15 is 0 Å². The van der Waals surface area contributed by atoms with Gasteiger partial charge < -0.3 is 14.7 Å². The van der Waals surface area contributed by atoms with E-state index in [0.29, 0.717) is 11.1 Å². The number of anilines is 1. The highest BCUT2D eigenvalue weighted by molar-refractivity contribution is 7.90. The van der Waals surface area contributed by atoms with E-state index in [1.165, 1.54) is 53.0 Å². The normalized spacial score (nSPS) is 14.1. The Balaban J connectivity index is 1.65. The molecule has 0 amide bonds. The van der Waals surface area contributed by atoms with Gasteiger partial charge in [-0.05, 0) is 60.5 Å². The second-order valence-corrected chi connectivity index (χ2v) is 11.4. The minimum atomic E-state index is -5.12. The van der Waals surface area contributed by atoms with Crippen molar-refractivity contribution in [1.29, 1.82) is 0 Å². The van der Waals surface area contributed by atoms with Crippen LogP contribution in [0.25, 0.3) is 22.5 Å². The van der Waals surface area contributed by atoms with Gasteiger partial charge in [0, 0.05) is 24.2 Å². The van der Waals surface area contributed by atoms with E-state index in [9.17, 15) is 39.2 Å². The number of nitrogens with zero attached hydrogens (tertiary/aromatic N) is 3. The van der Waals surface area contributed by atoms with E-state index in [2.05, 4.69) is 20.7 Å². The minimum Gasteiger partial charge on any atom is -0.403 e. The van der Waals surface area contributed by atoms with Crippen LogP contribution in [0.4, 0.5) is 36.4 Å². The highest BCUT2D eigenvalue weighted by atomic mass is 32.2. The Morgan fingerprint density at radius 3 is 2.21 bits per heavy atom. The molecule has 1 aliphatic heterocycles. The molecule has 0 radical (unpaired) electrons. The molecular formula is C27H20F7N5O3S. The van der Waals surface area contributed by atoms with Crippen molar-refractivity contribution in [2.45, 2.75) is 24.4 Å². The van der Waals surface area contributed by atoms with Crippen LogP contribution in [0.2, 0.25) is 0 Å². The molecule has 2 heterocycles. The first-order chi connectivity index (χ1) is 20.0. The number of ether oxygens (including phenoxy) is 1. The molecule has 0 unspecified atom stereocenters. The summed E-state index contributed by atoms with van der Waals surface area (Å²) in [7, 11) is -3.57. The van der Waals surface area contributed by atoms with Crippen LogP contribution in [-0.2, 0) is 16.0 Å². The number of imidazole rings is 1.